The highest BCUT2D eigenvalue weighted by atomic mass is 32.2. The van der Waals surface area contributed by atoms with E-state index in [1.807, 2.05) is 0 Å². The van der Waals surface area contributed by atoms with Crippen molar-refractivity contribution in [3.63, 3.8) is 0 Å². The molecule has 0 spiro atoms. The van der Waals surface area contributed by atoms with E-state index in [1.54, 1.807) is 17.5 Å². The van der Waals surface area contributed by atoms with Gasteiger partial charge in [0, 0.05) is 6.07 Å². The van der Waals surface area contributed by atoms with Crippen molar-refractivity contribution < 1.29 is 37.7 Å². The number of hydrogen-bond acceptors (Lipinski definition) is 10. The normalized spacial score (nSPS) is 19.1. The molecule has 0 aromatic carbocycles. The molecule has 15 heteroatoms. The summed E-state index contributed by atoms with van der Waals surface area (Å²) in [4.78, 5) is 41.5. The first-order valence-electron chi connectivity index (χ1n) is 8.50. The van der Waals surface area contributed by atoms with Crippen molar-refractivity contribution in [2.75, 3.05) is 0 Å². The molecule has 2 aromatic heterocycles. The minimum atomic E-state index is -4.74. The molecule has 1 fully saturated rings. The Hall–Kier alpha value is -3.43. The van der Waals surface area contributed by atoms with Crippen LogP contribution >= 0.6 is 11.3 Å². The molecule has 3 rings (SSSR count). The molecule has 2 amide bonds. The average molecular weight is 472 g/mol. The molecule has 13 nitrogen and oxygen atoms in total. The number of carbonyl (C=O) groups excluding carboxylic acids is 2. The van der Waals surface area contributed by atoms with E-state index in [9.17, 15) is 33.1 Å². The molecule has 1 saturated heterocycles. The average Bonchev–Trinajstić information content (AvgIpc) is 3.20. The summed E-state index contributed by atoms with van der Waals surface area (Å²) in [5, 5.41) is 26.7. The van der Waals surface area contributed by atoms with Crippen LogP contribution in [0.2, 0.25) is 0 Å². The highest BCUT2D eigenvalue weighted by Gasteiger charge is 2.51. The van der Waals surface area contributed by atoms with E-state index in [-0.39, 0.29) is 15.7 Å². The lowest BCUT2D eigenvalue weighted by molar-refractivity contribution is -0.143. The third-order valence-electron chi connectivity index (χ3n) is 4.30. The molecular weight excluding hydrogens is 456 g/mol. The number of aromatic nitrogens is 1. The smallest absolute Gasteiger partial charge is 0.362 e. The Kier molecular flexibility index (Phi) is 6.01. The minimum Gasteiger partial charge on any atom is -0.503 e. The van der Waals surface area contributed by atoms with Crippen LogP contribution in [0.15, 0.2) is 39.7 Å². The number of pyridine rings is 1. The van der Waals surface area contributed by atoms with Gasteiger partial charge in [0.15, 0.2) is 18.1 Å². The van der Waals surface area contributed by atoms with Crippen molar-refractivity contribution in [3.8, 4) is 5.75 Å². The van der Waals surface area contributed by atoms with Crippen LogP contribution in [0.1, 0.15) is 17.5 Å². The van der Waals surface area contributed by atoms with Crippen molar-refractivity contribution in [1.82, 2.24) is 14.4 Å². The molecule has 2 aromatic rings. The second kappa shape index (κ2) is 8.37. The maximum atomic E-state index is 12.7. The fourth-order valence-corrected chi connectivity index (χ4v) is 4.33. The molecule has 0 aliphatic carbocycles. The molecule has 0 bridgehead atoms. The Morgan fingerprint density at radius 2 is 2.10 bits per heavy atom. The third-order valence-corrected chi connectivity index (χ3v) is 6.18. The molecule has 2 atom stereocenters. The van der Waals surface area contributed by atoms with E-state index in [4.69, 9.17) is 9.39 Å². The number of nitrogens with one attached hydrogen (secondary N) is 1. The molecule has 0 radical (unpaired) electrons. The summed E-state index contributed by atoms with van der Waals surface area (Å²) in [6.45, 7) is 0.882. The minimum absolute atomic E-state index is 0.0657. The van der Waals surface area contributed by atoms with Crippen molar-refractivity contribution >= 4 is 39.2 Å². The lowest BCUT2D eigenvalue weighted by atomic mass is 10.0. The zero-order chi connectivity index (χ0) is 22.9. The predicted molar refractivity (Wildman–Crippen MR) is 105 cm³/mol. The molecular formula is C16H16N4O9S2. The van der Waals surface area contributed by atoms with Gasteiger partial charge in [0.25, 0.3) is 11.8 Å². The van der Waals surface area contributed by atoms with E-state index in [0.29, 0.717) is 9.61 Å². The van der Waals surface area contributed by atoms with Gasteiger partial charge in [-0.1, -0.05) is 11.2 Å². The molecule has 1 aliphatic rings. The van der Waals surface area contributed by atoms with Gasteiger partial charge in [0.2, 0.25) is 5.43 Å². The lowest BCUT2D eigenvalue weighted by Crippen LogP contribution is -2.71. The SMILES string of the molecule is CC1C(NC(=O)C(=NOCc2cc(=O)c(O)cn2O)c2cccs2)C(=O)N1S(=O)(=O)O. The van der Waals surface area contributed by atoms with Crippen LogP contribution in [0, 0.1) is 0 Å². The Balaban J connectivity index is 1.76. The summed E-state index contributed by atoms with van der Waals surface area (Å²) in [7, 11) is -4.74. The summed E-state index contributed by atoms with van der Waals surface area (Å²) in [6.07, 6.45) is 0.766. The van der Waals surface area contributed by atoms with Crippen molar-refractivity contribution in [3.05, 3.63) is 50.6 Å². The number of carbonyl (C=O) groups is 2. The topological polar surface area (TPSA) is 188 Å². The Morgan fingerprint density at radius 1 is 1.39 bits per heavy atom. The number of amides is 2. The van der Waals surface area contributed by atoms with Crippen LogP contribution in [0.3, 0.4) is 0 Å². The number of β-lactam (4-membered cyclic amide) rings is 1. The van der Waals surface area contributed by atoms with Gasteiger partial charge in [-0.2, -0.15) is 13.1 Å². The number of nitrogens with zero attached hydrogens (tertiary/aromatic N) is 3. The van der Waals surface area contributed by atoms with E-state index in [1.165, 1.54) is 6.92 Å². The first kappa shape index (κ1) is 22.3. The zero-order valence-electron chi connectivity index (χ0n) is 15.7. The molecule has 4 N–H and O–H groups in total. The van der Waals surface area contributed by atoms with Crippen LogP contribution in [0.5, 0.6) is 5.75 Å². The fourth-order valence-electron chi connectivity index (χ4n) is 2.75. The maximum absolute atomic E-state index is 12.7. The van der Waals surface area contributed by atoms with Crippen molar-refractivity contribution in [2.45, 2.75) is 25.6 Å². The lowest BCUT2D eigenvalue weighted by Gasteiger charge is -2.42. The maximum Gasteiger partial charge on any atom is 0.362 e. The molecule has 31 heavy (non-hydrogen) atoms. The largest absolute Gasteiger partial charge is 0.503 e. The number of aromatic hydroxyl groups is 1. The van der Waals surface area contributed by atoms with Crippen LogP contribution in [0.4, 0.5) is 0 Å². The summed E-state index contributed by atoms with van der Waals surface area (Å²) in [6, 6.07) is 1.86. The number of hydrogen-bond donors (Lipinski definition) is 4. The van der Waals surface area contributed by atoms with E-state index >= 15 is 0 Å². The van der Waals surface area contributed by atoms with Gasteiger partial charge in [0.1, 0.15) is 11.7 Å². The van der Waals surface area contributed by atoms with Gasteiger partial charge in [-0.3, -0.25) is 18.9 Å². The second-order valence-corrected chi connectivity index (χ2v) is 8.59. The third kappa shape index (κ3) is 4.52. The Morgan fingerprint density at radius 3 is 2.68 bits per heavy atom. The standard InChI is InChI=1S/C16H16N4O9S2/c1-8-13(16(24)20(8)31(26,27)28)17-15(23)14(12-3-2-4-30-12)18-29-7-9-5-10(21)11(22)6-19(9)25/h2-6,8,13,22,25H,7H2,1H3,(H,17,23)(H,26,27,28). The van der Waals surface area contributed by atoms with E-state index in [2.05, 4.69) is 10.5 Å². The van der Waals surface area contributed by atoms with E-state index in [0.717, 1.165) is 23.6 Å². The molecule has 3 heterocycles. The van der Waals surface area contributed by atoms with Gasteiger partial charge >= 0.3 is 10.3 Å². The van der Waals surface area contributed by atoms with Crippen molar-refractivity contribution in [2.24, 2.45) is 5.16 Å². The summed E-state index contributed by atoms with van der Waals surface area (Å²) in [5.41, 5.74) is -1.07. The second-order valence-electron chi connectivity index (χ2n) is 6.35. The Labute approximate surface area is 178 Å². The summed E-state index contributed by atoms with van der Waals surface area (Å²) >= 11 is 1.13. The van der Waals surface area contributed by atoms with Gasteiger partial charge in [-0.15, -0.1) is 11.3 Å². The summed E-state index contributed by atoms with van der Waals surface area (Å²) < 4.78 is 32.1. The monoisotopic (exact) mass is 472 g/mol. The quantitative estimate of drug-likeness (QED) is 0.133. The fraction of sp³-hybridized carbons (Fsp3) is 0.250. The predicted octanol–water partition coefficient (Wildman–Crippen LogP) is -0.708. The number of oxime groups is 1. The molecule has 166 valence electrons. The van der Waals surface area contributed by atoms with Crippen LogP contribution < -0.4 is 10.7 Å². The van der Waals surface area contributed by atoms with E-state index < -0.39 is 52.0 Å². The van der Waals surface area contributed by atoms with Gasteiger partial charge < -0.3 is 20.5 Å². The first-order chi connectivity index (χ1) is 14.5. The first-order valence-corrected chi connectivity index (χ1v) is 10.8. The van der Waals surface area contributed by atoms with Crippen LogP contribution in [-0.2, 0) is 31.3 Å². The van der Waals surface area contributed by atoms with Crippen LogP contribution in [-0.4, -0.2) is 61.9 Å². The van der Waals surface area contributed by atoms with Crippen molar-refractivity contribution in [1.29, 1.82) is 0 Å². The number of thiophene rings is 1. The highest BCUT2D eigenvalue weighted by molar-refractivity contribution is 7.84. The molecule has 2 unspecified atom stereocenters. The van der Waals surface area contributed by atoms with Crippen LogP contribution in [0.25, 0.3) is 0 Å². The Bertz CT molecular complexity index is 1200. The zero-order valence-corrected chi connectivity index (χ0v) is 17.3. The number of rotatable bonds is 7. The molecule has 1 aliphatic heterocycles. The van der Waals surface area contributed by atoms with Gasteiger partial charge in [-0.25, -0.2) is 4.31 Å². The highest BCUT2D eigenvalue weighted by Crippen LogP contribution is 2.23. The summed E-state index contributed by atoms with van der Waals surface area (Å²) in [5.74, 6) is -2.54. The molecule has 0 saturated carbocycles. The van der Waals surface area contributed by atoms with Gasteiger partial charge in [-0.05, 0) is 18.4 Å². The van der Waals surface area contributed by atoms with Gasteiger partial charge in [0.05, 0.1) is 17.1 Å².